The Hall–Kier alpha value is -0.940. The summed E-state index contributed by atoms with van der Waals surface area (Å²) in [5.41, 5.74) is -0.129. The van der Waals surface area contributed by atoms with Crippen molar-refractivity contribution < 1.29 is 8.78 Å². The number of hydrogen-bond donors (Lipinski definition) is 0. The normalized spacial score (nSPS) is 11.4. The first-order chi connectivity index (χ1) is 8.13. The number of aromatic nitrogens is 1. The third-order valence-electron chi connectivity index (χ3n) is 2.35. The second-order valence-corrected chi connectivity index (χ2v) is 3.99. The van der Waals surface area contributed by atoms with Crippen LogP contribution in [-0.2, 0) is 6.54 Å². The molecule has 0 aromatic carbocycles. The highest BCUT2D eigenvalue weighted by atomic mass is 35.5. The highest BCUT2D eigenvalue weighted by Crippen LogP contribution is 1.99. The van der Waals surface area contributed by atoms with E-state index >= 15 is 0 Å². The molecule has 0 aliphatic rings. The van der Waals surface area contributed by atoms with E-state index in [9.17, 15) is 13.6 Å². The van der Waals surface area contributed by atoms with Gasteiger partial charge in [0.15, 0.2) is 0 Å². The van der Waals surface area contributed by atoms with E-state index in [1.807, 2.05) is 0 Å². The Morgan fingerprint density at radius 3 is 2.71 bits per heavy atom. The number of hydrogen-bond acceptors (Lipinski definition) is 2. The molecule has 0 amide bonds. The second kappa shape index (κ2) is 7.40. The van der Waals surface area contributed by atoms with Gasteiger partial charge >= 0.3 is 0 Å². The molecule has 0 atom stereocenters. The van der Waals surface area contributed by atoms with Gasteiger partial charge in [-0.1, -0.05) is 6.07 Å². The Bertz CT molecular complexity index is 384. The van der Waals surface area contributed by atoms with Gasteiger partial charge < -0.3 is 4.57 Å². The lowest BCUT2D eigenvalue weighted by atomic mass is 10.4. The molecule has 1 heterocycles. The van der Waals surface area contributed by atoms with Gasteiger partial charge in [-0.05, 0) is 6.07 Å². The van der Waals surface area contributed by atoms with E-state index in [2.05, 4.69) is 0 Å². The van der Waals surface area contributed by atoms with Gasteiger partial charge in [0.2, 0.25) is 0 Å². The van der Waals surface area contributed by atoms with Gasteiger partial charge in [0.1, 0.15) is 0 Å². The molecule has 1 aromatic heterocycles. The summed E-state index contributed by atoms with van der Waals surface area (Å²) in [6.07, 6.45) is -0.741. The fourth-order valence-electron chi connectivity index (χ4n) is 1.50. The van der Waals surface area contributed by atoms with Crippen molar-refractivity contribution in [3.05, 3.63) is 34.7 Å². The fraction of sp³-hybridized carbons (Fsp3) is 0.545. The zero-order chi connectivity index (χ0) is 12.7. The first kappa shape index (κ1) is 14.1. The van der Waals surface area contributed by atoms with Crippen LogP contribution >= 0.6 is 11.6 Å². The van der Waals surface area contributed by atoms with Crippen molar-refractivity contribution >= 4 is 11.6 Å². The van der Waals surface area contributed by atoms with Crippen LogP contribution in [0, 0.1) is 0 Å². The molecular formula is C11H15ClF2N2O. The summed E-state index contributed by atoms with van der Waals surface area (Å²) in [6.45, 7) is 0.867. The van der Waals surface area contributed by atoms with Crippen molar-refractivity contribution in [3.8, 4) is 0 Å². The topological polar surface area (TPSA) is 25.2 Å². The average molecular weight is 265 g/mol. The van der Waals surface area contributed by atoms with Crippen molar-refractivity contribution in [1.29, 1.82) is 0 Å². The SMILES string of the molecule is O=c1ccccn1CCN(CCCl)CC(F)F. The molecule has 6 heteroatoms. The van der Waals surface area contributed by atoms with Crippen molar-refractivity contribution in [2.45, 2.75) is 13.0 Å². The van der Waals surface area contributed by atoms with Gasteiger partial charge in [-0.3, -0.25) is 9.69 Å². The molecule has 0 unspecified atom stereocenters. The molecular weight excluding hydrogens is 250 g/mol. The van der Waals surface area contributed by atoms with Gasteiger partial charge in [-0.25, -0.2) is 8.78 Å². The highest BCUT2D eigenvalue weighted by molar-refractivity contribution is 6.18. The molecule has 0 saturated carbocycles. The summed E-state index contributed by atoms with van der Waals surface area (Å²) in [7, 11) is 0. The molecule has 0 saturated heterocycles. The zero-order valence-corrected chi connectivity index (χ0v) is 10.1. The molecule has 0 radical (unpaired) electrons. The quantitative estimate of drug-likeness (QED) is 0.700. The maximum Gasteiger partial charge on any atom is 0.251 e. The Balaban J connectivity index is 2.51. The maximum absolute atomic E-state index is 12.3. The minimum absolute atomic E-state index is 0.129. The van der Waals surface area contributed by atoms with Crippen LogP contribution in [0.25, 0.3) is 0 Å². The molecule has 96 valence electrons. The highest BCUT2D eigenvalue weighted by Gasteiger charge is 2.11. The predicted octanol–water partition coefficient (Wildman–Crippen LogP) is 1.65. The number of pyridine rings is 1. The van der Waals surface area contributed by atoms with Crippen LogP contribution in [0.4, 0.5) is 8.78 Å². The third kappa shape index (κ3) is 5.28. The van der Waals surface area contributed by atoms with Gasteiger partial charge in [0.05, 0.1) is 6.54 Å². The number of halogens is 3. The van der Waals surface area contributed by atoms with Crippen LogP contribution in [0.5, 0.6) is 0 Å². The summed E-state index contributed by atoms with van der Waals surface area (Å²) in [6, 6.07) is 4.83. The van der Waals surface area contributed by atoms with Gasteiger partial charge in [0.25, 0.3) is 12.0 Å². The van der Waals surface area contributed by atoms with E-state index in [1.54, 1.807) is 23.2 Å². The number of nitrogens with zero attached hydrogens (tertiary/aromatic N) is 2. The Kier molecular flexibility index (Phi) is 6.15. The maximum atomic E-state index is 12.3. The molecule has 1 rings (SSSR count). The van der Waals surface area contributed by atoms with Gasteiger partial charge in [-0.2, -0.15) is 0 Å². The van der Waals surface area contributed by atoms with Crippen molar-refractivity contribution in [1.82, 2.24) is 9.47 Å². The van der Waals surface area contributed by atoms with E-state index in [0.29, 0.717) is 25.5 Å². The van der Waals surface area contributed by atoms with E-state index in [4.69, 9.17) is 11.6 Å². The molecule has 0 N–H and O–H groups in total. The zero-order valence-electron chi connectivity index (χ0n) is 9.36. The molecule has 0 aliphatic carbocycles. The largest absolute Gasteiger partial charge is 0.314 e. The fourth-order valence-corrected chi connectivity index (χ4v) is 1.74. The summed E-state index contributed by atoms with van der Waals surface area (Å²) < 4.78 is 26.0. The lowest BCUT2D eigenvalue weighted by molar-refractivity contribution is 0.0893. The van der Waals surface area contributed by atoms with Crippen molar-refractivity contribution in [3.63, 3.8) is 0 Å². The average Bonchev–Trinajstić information content (AvgIpc) is 2.27. The summed E-state index contributed by atoms with van der Waals surface area (Å²) in [4.78, 5) is 12.9. The molecule has 0 spiro atoms. The third-order valence-corrected chi connectivity index (χ3v) is 2.52. The second-order valence-electron chi connectivity index (χ2n) is 3.61. The van der Waals surface area contributed by atoms with Crippen LogP contribution < -0.4 is 5.56 Å². The Morgan fingerprint density at radius 1 is 1.35 bits per heavy atom. The minimum atomic E-state index is -2.38. The summed E-state index contributed by atoms with van der Waals surface area (Å²) >= 11 is 5.54. The van der Waals surface area contributed by atoms with Crippen LogP contribution in [-0.4, -0.2) is 41.4 Å². The van der Waals surface area contributed by atoms with Crippen molar-refractivity contribution in [2.24, 2.45) is 0 Å². The van der Waals surface area contributed by atoms with Crippen LogP contribution in [0.1, 0.15) is 0 Å². The molecule has 0 bridgehead atoms. The van der Waals surface area contributed by atoms with E-state index in [-0.39, 0.29) is 12.1 Å². The molecule has 0 aliphatic heterocycles. The standard InChI is InChI=1S/C11H15ClF2N2O/c12-4-6-15(9-10(13)14)7-8-16-5-2-1-3-11(16)17/h1-3,5,10H,4,6-9H2. The first-order valence-corrected chi connectivity index (χ1v) is 5.89. The molecule has 3 nitrogen and oxygen atoms in total. The van der Waals surface area contributed by atoms with Gasteiger partial charge in [-0.15, -0.1) is 11.6 Å². The van der Waals surface area contributed by atoms with Crippen LogP contribution in [0.3, 0.4) is 0 Å². The first-order valence-electron chi connectivity index (χ1n) is 5.35. The summed E-state index contributed by atoms with van der Waals surface area (Å²) in [5, 5.41) is 0. The number of alkyl halides is 3. The predicted molar refractivity (Wildman–Crippen MR) is 63.9 cm³/mol. The minimum Gasteiger partial charge on any atom is -0.314 e. The van der Waals surface area contributed by atoms with E-state index < -0.39 is 6.43 Å². The van der Waals surface area contributed by atoms with E-state index in [1.165, 1.54) is 10.6 Å². The smallest absolute Gasteiger partial charge is 0.251 e. The summed E-state index contributed by atoms with van der Waals surface area (Å²) in [5.74, 6) is 0.302. The Labute approximate surface area is 104 Å². The molecule has 1 aromatic rings. The number of rotatable bonds is 7. The van der Waals surface area contributed by atoms with E-state index in [0.717, 1.165) is 0 Å². The molecule has 0 fully saturated rings. The molecule has 17 heavy (non-hydrogen) atoms. The Morgan fingerprint density at radius 2 is 2.12 bits per heavy atom. The van der Waals surface area contributed by atoms with Crippen LogP contribution in [0.2, 0.25) is 0 Å². The van der Waals surface area contributed by atoms with Crippen molar-refractivity contribution in [2.75, 3.05) is 25.5 Å². The lowest BCUT2D eigenvalue weighted by Gasteiger charge is -2.20. The van der Waals surface area contributed by atoms with Gasteiger partial charge in [0, 0.05) is 37.8 Å². The lowest BCUT2D eigenvalue weighted by Crippen LogP contribution is -2.35. The van der Waals surface area contributed by atoms with Crippen LogP contribution in [0.15, 0.2) is 29.2 Å². The monoisotopic (exact) mass is 264 g/mol.